The number of carboxylic acids is 1. The van der Waals surface area contributed by atoms with Crippen LogP contribution >= 0.6 is 22.9 Å². The number of aliphatic carboxylic acids is 1. The average molecular weight is 670 g/mol. The molecule has 0 spiro atoms. The standard InChI is InChI=1S/C30H35ClF3N5O5S/c1-18(2)16-38(8-9-43-3)17-25-28(20-10-21(31)12-22(11-20)44-30(32,33)34)37-27(45-25)13-24(40)23-14-36-26(15-35-23)39-6-4-19(5-7-39)29(41)42/h10-12,14-15,18-19H,4-9,13,16-17H2,1-3H3,(H,41,42). The van der Waals surface area contributed by atoms with Crippen molar-refractivity contribution in [3.63, 3.8) is 0 Å². The minimum absolute atomic E-state index is 0.0456. The molecule has 0 amide bonds. The highest BCUT2D eigenvalue weighted by atomic mass is 35.5. The minimum atomic E-state index is -4.90. The maximum absolute atomic E-state index is 13.2. The number of hydrogen-bond donors (Lipinski definition) is 1. The van der Waals surface area contributed by atoms with E-state index in [0.29, 0.717) is 73.6 Å². The number of ether oxygens (including phenoxy) is 2. The van der Waals surface area contributed by atoms with E-state index in [-0.39, 0.29) is 28.8 Å². The zero-order valence-electron chi connectivity index (χ0n) is 25.1. The Labute approximate surface area is 268 Å². The molecule has 0 radical (unpaired) electrons. The third-order valence-corrected chi connectivity index (χ3v) is 8.38. The van der Waals surface area contributed by atoms with Gasteiger partial charge in [-0.2, -0.15) is 0 Å². The highest BCUT2D eigenvalue weighted by Crippen LogP contribution is 2.36. The number of thiazole rings is 1. The number of hydrogen-bond acceptors (Lipinski definition) is 10. The summed E-state index contributed by atoms with van der Waals surface area (Å²) < 4.78 is 48.4. The average Bonchev–Trinajstić information content (AvgIpc) is 3.36. The number of Topliss-reactive ketones (excluding diaryl/α,β-unsaturated/α-hetero) is 1. The molecule has 0 unspecified atom stereocenters. The molecule has 4 rings (SSSR count). The van der Waals surface area contributed by atoms with Gasteiger partial charge < -0.3 is 19.5 Å². The lowest BCUT2D eigenvalue weighted by Crippen LogP contribution is -2.36. The van der Waals surface area contributed by atoms with E-state index in [1.807, 2.05) is 4.90 Å². The summed E-state index contributed by atoms with van der Waals surface area (Å²) in [5.74, 6) is -1.08. The van der Waals surface area contributed by atoms with Gasteiger partial charge in [0.2, 0.25) is 0 Å². The van der Waals surface area contributed by atoms with E-state index in [2.05, 4.69) is 38.4 Å². The van der Waals surface area contributed by atoms with Crippen molar-refractivity contribution in [2.45, 2.75) is 46.0 Å². The van der Waals surface area contributed by atoms with Crippen LogP contribution in [0.5, 0.6) is 5.75 Å². The third kappa shape index (κ3) is 10.1. The van der Waals surface area contributed by atoms with E-state index in [9.17, 15) is 27.9 Å². The number of ketones is 1. The van der Waals surface area contributed by atoms with Crippen molar-refractivity contribution in [1.29, 1.82) is 0 Å². The Balaban J connectivity index is 1.58. The first-order chi connectivity index (χ1) is 21.3. The number of aromatic nitrogens is 3. The smallest absolute Gasteiger partial charge is 0.481 e. The molecule has 1 N–H and O–H groups in total. The molecule has 1 aliphatic rings. The fraction of sp³-hybridized carbons (Fsp3) is 0.500. The van der Waals surface area contributed by atoms with Crippen LogP contribution in [0, 0.1) is 11.8 Å². The lowest BCUT2D eigenvalue weighted by Gasteiger charge is -2.30. The largest absolute Gasteiger partial charge is 0.573 e. The topological polar surface area (TPSA) is 118 Å². The van der Waals surface area contributed by atoms with E-state index in [4.69, 9.17) is 16.3 Å². The van der Waals surface area contributed by atoms with Crippen LogP contribution in [0.3, 0.4) is 0 Å². The summed E-state index contributed by atoms with van der Waals surface area (Å²) >= 11 is 7.48. The van der Waals surface area contributed by atoms with Crippen molar-refractivity contribution in [2.24, 2.45) is 11.8 Å². The fourth-order valence-corrected chi connectivity index (χ4v) is 6.44. The summed E-state index contributed by atoms with van der Waals surface area (Å²) in [4.78, 5) is 42.7. The number of carbonyl (C=O) groups is 2. The number of carbonyl (C=O) groups excluding carboxylic acids is 1. The Hall–Kier alpha value is -3.33. The molecule has 1 aliphatic heterocycles. The van der Waals surface area contributed by atoms with Gasteiger partial charge in [-0.05, 0) is 37.0 Å². The van der Waals surface area contributed by atoms with Crippen LogP contribution in [-0.4, -0.2) is 83.0 Å². The molecule has 3 heterocycles. The van der Waals surface area contributed by atoms with Crippen LogP contribution in [0.1, 0.15) is 47.1 Å². The lowest BCUT2D eigenvalue weighted by molar-refractivity contribution is -0.274. The fourth-order valence-electron chi connectivity index (χ4n) is 5.09. The summed E-state index contributed by atoms with van der Waals surface area (Å²) in [5.41, 5.74) is 0.885. The Morgan fingerprint density at radius 1 is 1.18 bits per heavy atom. The number of methoxy groups -OCH3 is 1. The number of nitrogens with zero attached hydrogens (tertiary/aromatic N) is 5. The molecule has 0 aliphatic carbocycles. The highest BCUT2D eigenvalue weighted by Gasteiger charge is 2.32. The molecule has 0 atom stereocenters. The van der Waals surface area contributed by atoms with Gasteiger partial charge in [-0.15, -0.1) is 24.5 Å². The summed E-state index contributed by atoms with van der Waals surface area (Å²) in [6, 6.07) is 3.82. The second kappa shape index (κ2) is 15.3. The number of halogens is 4. The van der Waals surface area contributed by atoms with E-state index >= 15 is 0 Å². The molecule has 10 nitrogen and oxygen atoms in total. The van der Waals surface area contributed by atoms with Gasteiger partial charge in [0.15, 0.2) is 5.78 Å². The summed E-state index contributed by atoms with van der Waals surface area (Å²) in [7, 11) is 1.61. The molecule has 0 bridgehead atoms. The van der Waals surface area contributed by atoms with Gasteiger partial charge in [0.1, 0.15) is 22.3 Å². The van der Waals surface area contributed by atoms with Gasteiger partial charge in [0.05, 0.1) is 37.0 Å². The van der Waals surface area contributed by atoms with Gasteiger partial charge in [0.25, 0.3) is 0 Å². The van der Waals surface area contributed by atoms with E-state index in [0.717, 1.165) is 17.5 Å². The molecule has 15 heteroatoms. The molecule has 1 saturated heterocycles. The monoisotopic (exact) mass is 669 g/mol. The molecule has 2 aromatic heterocycles. The van der Waals surface area contributed by atoms with Crippen molar-refractivity contribution in [3.05, 3.63) is 51.2 Å². The Bertz CT molecular complexity index is 1460. The van der Waals surface area contributed by atoms with E-state index in [1.165, 1.54) is 35.9 Å². The lowest BCUT2D eigenvalue weighted by atomic mass is 9.97. The van der Waals surface area contributed by atoms with Gasteiger partial charge in [-0.1, -0.05) is 25.4 Å². The molecule has 0 saturated carbocycles. The Morgan fingerprint density at radius 2 is 1.91 bits per heavy atom. The molecule has 244 valence electrons. The van der Waals surface area contributed by atoms with E-state index < -0.39 is 18.1 Å². The number of benzene rings is 1. The van der Waals surface area contributed by atoms with Crippen LogP contribution in [0.15, 0.2) is 30.6 Å². The van der Waals surface area contributed by atoms with Crippen molar-refractivity contribution >= 4 is 40.5 Å². The maximum atomic E-state index is 13.2. The third-order valence-electron chi connectivity index (χ3n) is 7.13. The van der Waals surface area contributed by atoms with Gasteiger partial charge in [-0.3, -0.25) is 14.5 Å². The second-order valence-corrected chi connectivity index (χ2v) is 12.8. The number of rotatable bonds is 14. The van der Waals surface area contributed by atoms with Crippen molar-refractivity contribution in [2.75, 3.05) is 44.8 Å². The van der Waals surface area contributed by atoms with E-state index in [1.54, 1.807) is 7.11 Å². The van der Waals surface area contributed by atoms with Crippen LogP contribution in [0.2, 0.25) is 5.02 Å². The van der Waals surface area contributed by atoms with Crippen molar-refractivity contribution in [3.8, 4) is 17.0 Å². The first kappa shape index (κ1) is 34.5. The van der Waals surface area contributed by atoms with Gasteiger partial charge in [-0.25, -0.2) is 15.0 Å². The first-order valence-electron chi connectivity index (χ1n) is 14.4. The number of alkyl halides is 3. The Kier molecular flexibility index (Phi) is 11.7. The summed E-state index contributed by atoms with van der Waals surface area (Å²) in [6.07, 6.45) is -1.09. The number of piperidine rings is 1. The predicted octanol–water partition coefficient (Wildman–Crippen LogP) is 5.98. The molecule has 1 aromatic carbocycles. The van der Waals surface area contributed by atoms with Crippen LogP contribution in [0.25, 0.3) is 11.3 Å². The molecular formula is C30H35ClF3N5O5S. The normalized spacial score (nSPS) is 14.4. The molecule has 1 fully saturated rings. The van der Waals surface area contributed by atoms with Crippen LogP contribution in [-0.2, 0) is 22.5 Å². The van der Waals surface area contributed by atoms with Crippen LogP contribution < -0.4 is 9.64 Å². The summed E-state index contributed by atoms with van der Waals surface area (Å²) in [5, 5.41) is 9.73. The second-order valence-electron chi connectivity index (χ2n) is 11.2. The maximum Gasteiger partial charge on any atom is 0.573 e. The molecular weight excluding hydrogens is 635 g/mol. The quantitative estimate of drug-likeness (QED) is 0.205. The predicted molar refractivity (Wildman–Crippen MR) is 164 cm³/mol. The van der Waals surface area contributed by atoms with Crippen LogP contribution in [0.4, 0.5) is 19.0 Å². The molecule has 45 heavy (non-hydrogen) atoms. The van der Waals surface area contributed by atoms with Gasteiger partial charge >= 0.3 is 12.3 Å². The number of anilines is 1. The van der Waals surface area contributed by atoms with Gasteiger partial charge in [0, 0.05) is 55.3 Å². The van der Waals surface area contributed by atoms with Crippen molar-refractivity contribution in [1.82, 2.24) is 19.9 Å². The number of carboxylic acid groups (broad SMARTS) is 1. The van der Waals surface area contributed by atoms with Crippen molar-refractivity contribution < 1.29 is 37.3 Å². The first-order valence-corrected chi connectivity index (χ1v) is 15.6. The Morgan fingerprint density at radius 3 is 2.51 bits per heavy atom. The summed E-state index contributed by atoms with van der Waals surface area (Å²) in [6.45, 7) is 7.50. The highest BCUT2D eigenvalue weighted by molar-refractivity contribution is 7.12. The zero-order valence-corrected chi connectivity index (χ0v) is 26.7. The SMILES string of the molecule is COCCN(Cc1sc(CC(=O)c2cnc(N3CCC(C(=O)O)CC3)cn2)nc1-c1cc(Cl)cc(OC(F)(F)F)c1)CC(C)C. The zero-order chi connectivity index (χ0) is 32.7. The minimum Gasteiger partial charge on any atom is -0.481 e. The molecule has 3 aromatic rings.